The van der Waals surface area contributed by atoms with Crippen LogP contribution in [0.4, 0.5) is 26.4 Å². The van der Waals surface area contributed by atoms with Crippen molar-refractivity contribution in [3.05, 3.63) is 53.6 Å². The summed E-state index contributed by atoms with van der Waals surface area (Å²) >= 11 is 0. The number of methoxy groups -OCH3 is 1. The van der Waals surface area contributed by atoms with E-state index in [4.69, 9.17) is 9.47 Å². The van der Waals surface area contributed by atoms with Gasteiger partial charge in [0, 0.05) is 26.2 Å². The number of benzene rings is 1. The van der Waals surface area contributed by atoms with Crippen LogP contribution in [0.15, 0.2) is 30.9 Å². The van der Waals surface area contributed by atoms with Gasteiger partial charge in [0.2, 0.25) is 11.9 Å². The number of aromatic nitrogens is 4. The van der Waals surface area contributed by atoms with Gasteiger partial charge < -0.3 is 24.6 Å². The van der Waals surface area contributed by atoms with E-state index in [1.54, 1.807) is 12.4 Å². The van der Waals surface area contributed by atoms with Crippen molar-refractivity contribution < 1.29 is 18.3 Å². The Balaban J connectivity index is 1.36. The van der Waals surface area contributed by atoms with Gasteiger partial charge >= 0.3 is 0 Å². The smallest absolute Gasteiger partial charge is 0.227 e. The van der Waals surface area contributed by atoms with Crippen molar-refractivity contribution in [1.29, 1.82) is 0 Å². The van der Waals surface area contributed by atoms with E-state index in [1.165, 1.54) is 32.5 Å². The molecule has 3 aromatic rings. The minimum absolute atomic E-state index is 0.0378. The first-order valence-electron chi connectivity index (χ1n) is 10.4. The molecule has 1 aliphatic rings. The molecule has 0 unspecified atom stereocenters. The Bertz CT molecular complexity index is 1090. The van der Waals surface area contributed by atoms with Gasteiger partial charge in [-0.05, 0) is 25.6 Å². The van der Waals surface area contributed by atoms with Crippen LogP contribution in [0.25, 0.3) is 0 Å². The molecule has 174 valence electrons. The number of halogens is 2. The van der Waals surface area contributed by atoms with Gasteiger partial charge in [-0.1, -0.05) is 0 Å². The van der Waals surface area contributed by atoms with Crippen LogP contribution < -0.4 is 19.7 Å². The maximum Gasteiger partial charge on any atom is 0.227 e. The van der Waals surface area contributed by atoms with Crippen molar-refractivity contribution in [2.75, 3.05) is 50.6 Å². The number of hydrogen-bond donors (Lipinski definition) is 1. The minimum Gasteiger partial charge on any atom is -0.494 e. The average molecular weight is 457 g/mol. The summed E-state index contributed by atoms with van der Waals surface area (Å²) in [5.41, 5.74) is 0.688. The third-order valence-electron chi connectivity index (χ3n) is 5.35. The van der Waals surface area contributed by atoms with E-state index in [-0.39, 0.29) is 29.2 Å². The summed E-state index contributed by atoms with van der Waals surface area (Å²) in [4.78, 5) is 21.6. The van der Waals surface area contributed by atoms with E-state index in [9.17, 15) is 8.78 Å². The lowest BCUT2D eigenvalue weighted by Crippen LogP contribution is -2.45. The van der Waals surface area contributed by atoms with Crippen LogP contribution in [0.5, 0.6) is 11.5 Å². The fraction of sp³-hybridized carbons (Fsp3) is 0.364. The number of piperazine rings is 1. The molecule has 1 saturated heterocycles. The summed E-state index contributed by atoms with van der Waals surface area (Å²) in [7, 11) is 3.42. The number of nitrogens with zero attached hydrogens (tertiary/aromatic N) is 6. The van der Waals surface area contributed by atoms with Crippen LogP contribution in [0, 0.1) is 18.6 Å². The second-order valence-corrected chi connectivity index (χ2v) is 7.72. The maximum absolute atomic E-state index is 14.4. The van der Waals surface area contributed by atoms with E-state index >= 15 is 0 Å². The number of rotatable bonds is 7. The number of hydrogen-bond acceptors (Lipinski definition) is 9. The Morgan fingerprint density at radius 2 is 1.64 bits per heavy atom. The normalized spacial score (nSPS) is 14.3. The molecule has 0 amide bonds. The molecule has 1 aliphatic heterocycles. The second-order valence-electron chi connectivity index (χ2n) is 7.72. The molecular formula is C22H25F2N7O2. The fourth-order valence-corrected chi connectivity index (χ4v) is 3.38. The molecule has 0 radical (unpaired) electrons. The molecule has 2 aromatic heterocycles. The number of likely N-dealkylation sites (N-methyl/N-ethyl adjacent to an activating group) is 1. The third-order valence-corrected chi connectivity index (χ3v) is 5.35. The molecule has 0 atom stereocenters. The standard InChI is InChI=1S/C22H25F2N7O2/c1-14-8-18(32-3)20(24)17(19(14)23)13-33-16-11-25-21(26-12-16)29-15-9-27-22(28-10-15)31-6-4-30(2)5-7-31/h8-12H,4-7,13H2,1-3H3,(H,25,26,29). The van der Waals surface area contributed by atoms with Crippen molar-refractivity contribution in [3.63, 3.8) is 0 Å². The average Bonchev–Trinajstić information content (AvgIpc) is 2.83. The van der Waals surface area contributed by atoms with Crippen LogP contribution in [-0.4, -0.2) is 65.2 Å². The Morgan fingerprint density at radius 1 is 0.970 bits per heavy atom. The lowest BCUT2D eigenvalue weighted by molar-refractivity contribution is 0.285. The highest BCUT2D eigenvalue weighted by atomic mass is 19.1. The van der Waals surface area contributed by atoms with Crippen molar-refractivity contribution in [2.45, 2.75) is 13.5 Å². The maximum atomic E-state index is 14.4. The second kappa shape index (κ2) is 9.90. The minimum atomic E-state index is -0.792. The molecule has 4 rings (SSSR count). The predicted molar refractivity (Wildman–Crippen MR) is 119 cm³/mol. The fourth-order valence-electron chi connectivity index (χ4n) is 3.38. The first-order chi connectivity index (χ1) is 15.9. The topological polar surface area (TPSA) is 88.5 Å². The first kappa shape index (κ1) is 22.6. The van der Waals surface area contributed by atoms with E-state index in [0.29, 0.717) is 17.6 Å². The van der Waals surface area contributed by atoms with Crippen molar-refractivity contribution in [3.8, 4) is 11.5 Å². The van der Waals surface area contributed by atoms with E-state index < -0.39 is 11.6 Å². The molecule has 0 bridgehead atoms. The van der Waals surface area contributed by atoms with Gasteiger partial charge in [-0.3, -0.25) is 0 Å². The predicted octanol–water partition coefficient (Wildman–Crippen LogP) is 2.94. The number of aryl methyl sites for hydroxylation is 1. The zero-order chi connectivity index (χ0) is 23.4. The molecule has 33 heavy (non-hydrogen) atoms. The van der Waals surface area contributed by atoms with Gasteiger partial charge in [0.15, 0.2) is 17.3 Å². The van der Waals surface area contributed by atoms with Crippen molar-refractivity contribution in [1.82, 2.24) is 24.8 Å². The summed E-state index contributed by atoms with van der Waals surface area (Å²) in [5, 5.41) is 3.02. The molecule has 3 heterocycles. The molecule has 1 aromatic carbocycles. The lowest BCUT2D eigenvalue weighted by atomic mass is 10.1. The van der Waals surface area contributed by atoms with Crippen molar-refractivity contribution >= 4 is 17.6 Å². The highest BCUT2D eigenvalue weighted by molar-refractivity contribution is 5.51. The van der Waals surface area contributed by atoms with Crippen molar-refractivity contribution in [2.24, 2.45) is 0 Å². The van der Waals surface area contributed by atoms with Gasteiger partial charge in [0.05, 0.1) is 43.1 Å². The SMILES string of the molecule is COc1cc(C)c(F)c(COc2cnc(Nc3cnc(N4CCN(C)CC4)nc3)nc2)c1F. The molecular weight excluding hydrogens is 432 g/mol. The third kappa shape index (κ3) is 5.25. The number of anilines is 3. The van der Waals surface area contributed by atoms with Crippen LogP contribution in [0.2, 0.25) is 0 Å². The van der Waals surface area contributed by atoms with E-state index in [0.717, 1.165) is 26.2 Å². The molecule has 0 spiro atoms. The molecule has 0 aliphatic carbocycles. The van der Waals surface area contributed by atoms with Crippen LogP contribution in [-0.2, 0) is 6.61 Å². The van der Waals surface area contributed by atoms with Crippen LogP contribution in [0.1, 0.15) is 11.1 Å². The lowest BCUT2D eigenvalue weighted by Gasteiger charge is -2.32. The summed E-state index contributed by atoms with van der Waals surface area (Å²) in [5.74, 6) is -0.239. The van der Waals surface area contributed by atoms with Gasteiger partial charge in [0.25, 0.3) is 0 Å². The Hall–Kier alpha value is -3.60. The zero-order valence-corrected chi connectivity index (χ0v) is 18.7. The molecule has 0 saturated carbocycles. The summed E-state index contributed by atoms with van der Waals surface area (Å²) in [6, 6.07) is 1.30. The Kier molecular flexibility index (Phi) is 6.78. The number of nitrogens with one attached hydrogen (secondary N) is 1. The highest BCUT2D eigenvalue weighted by Crippen LogP contribution is 2.27. The first-order valence-corrected chi connectivity index (χ1v) is 10.4. The largest absolute Gasteiger partial charge is 0.494 e. The quantitative estimate of drug-likeness (QED) is 0.575. The monoisotopic (exact) mass is 457 g/mol. The molecule has 9 nitrogen and oxygen atoms in total. The number of ether oxygens (including phenoxy) is 2. The van der Waals surface area contributed by atoms with E-state index in [2.05, 4.69) is 42.1 Å². The summed E-state index contributed by atoms with van der Waals surface area (Å²) in [6.07, 6.45) is 6.17. The Morgan fingerprint density at radius 3 is 2.27 bits per heavy atom. The van der Waals surface area contributed by atoms with Gasteiger partial charge in [-0.2, -0.15) is 0 Å². The summed E-state index contributed by atoms with van der Waals surface area (Å²) in [6.45, 7) is 4.93. The van der Waals surface area contributed by atoms with Crippen LogP contribution >= 0.6 is 0 Å². The van der Waals surface area contributed by atoms with E-state index in [1.807, 2.05) is 0 Å². The van der Waals surface area contributed by atoms with Gasteiger partial charge in [0.1, 0.15) is 12.4 Å². The highest BCUT2D eigenvalue weighted by Gasteiger charge is 2.18. The van der Waals surface area contributed by atoms with Gasteiger partial charge in [-0.25, -0.2) is 28.7 Å². The van der Waals surface area contributed by atoms with Crippen LogP contribution in [0.3, 0.4) is 0 Å². The molecule has 11 heteroatoms. The molecule has 1 N–H and O–H groups in total. The zero-order valence-electron chi connectivity index (χ0n) is 18.7. The Labute approximate surface area is 190 Å². The summed E-state index contributed by atoms with van der Waals surface area (Å²) < 4.78 is 39.1. The molecule has 1 fully saturated rings. The van der Waals surface area contributed by atoms with Gasteiger partial charge in [-0.15, -0.1) is 0 Å².